The van der Waals surface area contributed by atoms with Gasteiger partial charge in [0.25, 0.3) is 5.91 Å². The minimum Gasteiger partial charge on any atom is -0.481 e. The number of carboxylic acid groups (broad SMARTS) is 1. The summed E-state index contributed by atoms with van der Waals surface area (Å²) in [6.07, 6.45) is -0.471. The lowest BCUT2D eigenvalue weighted by molar-refractivity contribution is -0.142. The van der Waals surface area contributed by atoms with E-state index >= 15 is 0 Å². The summed E-state index contributed by atoms with van der Waals surface area (Å²) in [4.78, 5) is 23.3. The highest BCUT2D eigenvalue weighted by molar-refractivity contribution is 6.19. The zero-order valence-electron chi connectivity index (χ0n) is 10.4. The zero-order chi connectivity index (χ0) is 14.0. The van der Waals surface area contributed by atoms with Crippen molar-refractivity contribution in [3.8, 4) is 0 Å². The highest BCUT2D eigenvalue weighted by atomic mass is 16.4. The second kappa shape index (κ2) is 4.81. The van der Waals surface area contributed by atoms with Gasteiger partial charge in [0.1, 0.15) is 5.41 Å². The van der Waals surface area contributed by atoms with Crippen molar-refractivity contribution < 1.29 is 19.8 Å². The zero-order valence-corrected chi connectivity index (χ0v) is 10.4. The smallest absolute Gasteiger partial charge is 0.304 e. The van der Waals surface area contributed by atoms with E-state index in [4.69, 9.17) is 5.11 Å². The van der Waals surface area contributed by atoms with Gasteiger partial charge in [-0.3, -0.25) is 9.59 Å². The van der Waals surface area contributed by atoms with Crippen molar-refractivity contribution in [3.63, 3.8) is 0 Å². The largest absolute Gasteiger partial charge is 0.481 e. The van der Waals surface area contributed by atoms with E-state index in [9.17, 15) is 14.7 Å². The molecule has 0 aromatic heterocycles. The lowest BCUT2D eigenvalue weighted by Gasteiger charge is -2.23. The summed E-state index contributed by atoms with van der Waals surface area (Å²) in [7, 11) is 0. The van der Waals surface area contributed by atoms with Crippen LogP contribution in [0.2, 0.25) is 0 Å². The van der Waals surface area contributed by atoms with Gasteiger partial charge in [0.15, 0.2) is 0 Å². The first kappa shape index (κ1) is 13.2. The number of rotatable bonds is 4. The van der Waals surface area contributed by atoms with Crippen LogP contribution in [0.1, 0.15) is 13.3 Å². The van der Waals surface area contributed by atoms with Gasteiger partial charge in [-0.05, 0) is 19.1 Å². The molecular weight excluding hydrogens is 248 g/mol. The van der Waals surface area contributed by atoms with Crippen LogP contribution in [0.5, 0.6) is 0 Å². The molecular formula is C13H14N2O4. The van der Waals surface area contributed by atoms with Crippen LogP contribution in [-0.4, -0.2) is 34.4 Å². The Labute approximate surface area is 110 Å². The van der Waals surface area contributed by atoms with Crippen molar-refractivity contribution in [3.05, 3.63) is 30.3 Å². The van der Waals surface area contributed by atoms with Crippen LogP contribution < -0.4 is 5.01 Å². The van der Waals surface area contributed by atoms with Crippen LogP contribution in [0.3, 0.4) is 0 Å². The number of anilines is 1. The molecule has 1 unspecified atom stereocenters. The van der Waals surface area contributed by atoms with Crippen molar-refractivity contribution in [1.82, 2.24) is 0 Å². The molecule has 0 saturated carbocycles. The molecule has 0 radical (unpaired) electrons. The van der Waals surface area contributed by atoms with E-state index in [1.807, 2.05) is 0 Å². The van der Waals surface area contributed by atoms with Crippen LogP contribution in [0.25, 0.3) is 0 Å². The molecule has 100 valence electrons. The topological polar surface area (TPSA) is 90.2 Å². The maximum Gasteiger partial charge on any atom is 0.304 e. The molecule has 1 amide bonds. The highest BCUT2D eigenvalue weighted by Crippen LogP contribution is 2.35. The van der Waals surface area contributed by atoms with E-state index in [1.165, 1.54) is 0 Å². The molecule has 1 aliphatic heterocycles. The highest BCUT2D eigenvalue weighted by Gasteiger charge is 2.50. The Morgan fingerprint density at radius 2 is 2.00 bits per heavy atom. The Kier molecular flexibility index (Phi) is 3.35. The van der Waals surface area contributed by atoms with Gasteiger partial charge in [-0.2, -0.15) is 10.1 Å². The number of carbonyl (C=O) groups excluding carboxylic acids is 1. The van der Waals surface area contributed by atoms with E-state index < -0.39 is 30.3 Å². The first-order valence-electron chi connectivity index (χ1n) is 5.79. The summed E-state index contributed by atoms with van der Waals surface area (Å²) in [5.41, 5.74) is -0.597. The molecule has 1 heterocycles. The number of amides is 1. The first-order chi connectivity index (χ1) is 9.01. The molecule has 0 spiro atoms. The van der Waals surface area contributed by atoms with Crippen LogP contribution in [0.4, 0.5) is 5.69 Å². The van der Waals surface area contributed by atoms with Crippen molar-refractivity contribution in [2.45, 2.75) is 13.3 Å². The Balaban J connectivity index is 2.40. The number of aliphatic hydroxyl groups excluding tert-OH is 1. The lowest BCUT2D eigenvalue weighted by atomic mass is 9.80. The summed E-state index contributed by atoms with van der Waals surface area (Å²) in [6, 6.07) is 8.70. The molecule has 0 bridgehead atoms. The summed E-state index contributed by atoms with van der Waals surface area (Å²) >= 11 is 0. The summed E-state index contributed by atoms with van der Waals surface area (Å²) in [5, 5.41) is 23.6. The molecule has 1 atom stereocenters. The number of para-hydroxylation sites is 1. The Morgan fingerprint density at radius 3 is 2.53 bits per heavy atom. The number of carboxylic acids is 1. The van der Waals surface area contributed by atoms with E-state index in [-0.39, 0.29) is 0 Å². The third kappa shape index (κ3) is 2.10. The molecule has 1 aliphatic rings. The lowest BCUT2D eigenvalue weighted by Crippen LogP contribution is -2.43. The van der Waals surface area contributed by atoms with Gasteiger partial charge in [0.05, 0.1) is 24.4 Å². The molecule has 0 fully saturated rings. The van der Waals surface area contributed by atoms with Gasteiger partial charge in [0, 0.05) is 0 Å². The number of hydrazone groups is 1. The molecule has 0 saturated heterocycles. The predicted octanol–water partition coefficient (Wildman–Crippen LogP) is 0.863. The maximum absolute atomic E-state index is 12.4. The van der Waals surface area contributed by atoms with Crippen molar-refractivity contribution in [2.24, 2.45) is 10.5 Å². The Bertz CT molecular complexity index is 541. The average Bonchev–Trinajstić information content (AvgIpc) is 2.64. The first-order valence-corrected chi connectivity index (χ1v) is 5.79. The normalized spacial score (nSPS) is 22.5. The summed E-state index contributed by atoms with van der Waals surface area (Å²) in [6.45, 7) is 0.983. The van der Waals surface area contributed by atoms with Gasteiger partial charge in [-0.25, -0.2) is 0 Å². The van der Waals surface area contributed by atoms with E-state index in [0.29, 0.717) is 11.4 Å². The fraction of sp³-hybridized carbons (Fsp3) is 0.308. The number of benzene rings is 1. The molecule has 0 aliphatic carbocycles. The number of aliphatic carboxylic acids is 1. The average molecular weight is 262 g/mol. The van der Waals surface area contributed by atoms with Gasteiger partial charge in [-0.15, -0.1) is 0 Å². The number of nitrogens with zero attached hydrogens (tertiary/aromatic N) is 2. The Morgan fingerprint density at radius 1 is 1.37 bits per heavy atom. The van der Waals surface area contributed by atoms with Crippen LogP contribution in [-0.2, 0) is 9.59 Å². The molecule has 6 heteroatoms. The van der Waals surface area contributed by atoms with Crippen LogP contribution in [0, 0.1) is 5.41 Å². The van der Waals surface area contributed by atoms with Gasteiger partial charge in [-0.1, -0.05) is 18.2 Å². The molecule has 2 N–H and O–H groups in total. The standard InChI is InChI=1S/C13H14N2O4/c1-9-13(8-16,7-11(17)18)12(19)15(14-9)10-5-3-2-4-6-10/h2-6,16H,7-8H2,1H3,(H,17,18). The molecule has 2 rings (SSSR count). The van der Waals surface area contributed by atoms with Gasteiger partial charge >= 0.3 is 5.97 Å². The number of hydrogen-bond donors (Lipinski definition) is 2. The molecule has 19 heavy (non-hydrogen) atoms. The van der Waals surface area contributed by atoms with Crippen LogP contribution in [0.15, 0.2) is 35.4 Å². The third-order valence-electron chi connectivity index (χ3n) is 3.27. The van der Waals surface area contributed by atoms with Crippen molar-refractivity contribution in [1.29, 1.82) is 0 Å². The fourth-order valence-electron chi connectivity index (χ4n) is 2.09. The fourth-order valence-corrected chi connectivity index (χ4v) is 2.09. The number of aliphatic hydroxyl groups is 1. The van der Waals surface area contributed by atoms with Crippen molar-refractivity contribution >= 4 is 23.3 Å². The monoisotopic (exact) mass is 262 g/mol. The summed E-state index contributed by atoms with van der Waals surface area (Å²) < 4.78 is 0. The number of carbonyl (C=O) groups is 2. The minimum absolute atomic E-state index is 0.311. The molecule has 6 nitrogen and oxygen atoms in total. The van der Waals surface area contributed by atoms with Gasteiger partial charge in [0.2, 0.25) is 0 Å². The van der Waals surface area contributed by atoms with Crippen LogP contribution >= 0.6 is 0 Å². The molecule has 1 aromatic rings. The van der Waals surface area contributed by atoms with E-state index in [0.717, 1.165) is 5.01 Å². The van der Waals surface area contributed by atoms with E-state index in [1.54, 1.807) is 37.3 Å². The second-order valence-electron chi connectivity index (χ2n) is 4.45. The van der Waals surface area contributed by atoms with E-state index in [2.05, 4.69) is 5.10 Å². The Hall–Kier alpha value is -2.21. The SMILES string of the molecule is CC1=NN(c2ccccc2)C(=O)C1(CO)CC(=O)O. The second-order valence-corrected chi connectivity index (χ2v) is 4.45. The van der Waals surface area contributed by atoms with Gasteiger partial charge < -0.3 is 10.2 Å². The minimum atomic E-state index is -1.46. The third-order valence-corrected chi connectivity index (χ3v) is 3.27. The van der Waals surface area contributed by atoms with Crippen molar-refractivity contribution in [2.75, 3.05) is 11.6 Å². The quantitative estimate of drug-likeness (QED) is 0.842. The predicted molar refractivity (Wildman–Crippen MR) is 68.8 cm³/mol. The summed E-state index contributed by atoms with van der Waals surface area (Å²) in [5.74, 6) is -1.66. The maximum atomic E-state index is 12.4. The molecule has 1 aromatic carbocycles. The number of hydrogen-bond acceptors (Lipinski definition) is 4.